The second kappa shape index (κ2) is 5.52. The molecule has 1 aliphatic rings. The lowest BCUT2D eigenvalue weighted by atomic mass is 10.1. The number of nitrogens with one attached hydrogen (secondary N) is 1. The van der Waals surface area contributed by atoms with E-state index >= 15 is 0 Å². The van der Waals surface area contributed by atoms with Gasteiger partial charge in [-0.2, -0.15) is 0 Å². The number of hydrogen-bond donors (Lipinski definition) is 1. The molecule has 5 heteroatoms. The fourth-order valence-electron chi connectivity index (χ4n) is 2.31. The molecule has 0 spiro atoms. The van der Waals surface area contributed by atoms with Gasteiger partial charge in [0.2, 0.25) is 5.91 Å². The lowest BCUT2D eigenvalue weighted by Gasteiger charge is -2.19. The molecule has 1 fully saturated rings. The zero-order valence-electron chi connectivity index (χ0n) is 11.2. The third-order valence-corrected chi connectivity index (χ3v) is 3.43. The van der Waals surface area contributed by atoms with E-state index in [1.807, 2.05) is 20.8 Å². The molecule has 1 aromatic rings. The van der Waals surface area contributed by atoms with Gasteiger partial charge in [-0.3, -0.25) is 4.79 Å². The molecular formula is C13H20N2O3. The Morgan fingerprint density at radius 1 is 1.56 bits per heavy atom. The number of aryl methyl sites for hydroxylation is 2. The number of nitrogens with zero attached hydrogens (tertiary/aromatic N) is 1. The zero-order chi connectivity index (χ0) is 13.1. The molecule has 1 aliphatic heterocycles. The van der Waals surface area contributed by atoms with Crippen molar-refractivity contribution < 1.29 is 14.1 Å². The topological polar surface area (TPSA) is 64.4 Å². The summed E-state index contributed by atoms with van der Waals surface area (Å²) in [6, 6.07) is 0.0560. The van der Waals surface area contributed by atoms with Crippen LogP contribution in [0.25, 0.3) is 0 Å². The van der Waals surface area contributed by atoms with Crippen LogP contribution < -0.4 is 5.32 Å². The molecule has 2 rings (SSSR count). The fraction of sp³-hybridized carbons (Fsp3) is 0.692. The minimum absolute atomic E-state index is 0.00704. The molecule has 18 heavy (non-hydrogen) atoms. The van der Waals surface area contributed by atoms with E-state index in [1.54, 1.807) is 0 Å². The van der Waals surface area contributed by atoms with Crippen molar-refractivity contribution in [1.29, 1.82) is 0 Å². The lowest BCUT2D eigenvalue weighted by Crippen LogP contribution is -2.41. The van der Waals surface area contributed by atoms with Crippen molar-refractivity contribution in [2.75, 3.05) is 6.61 Å². The third-order valence-electron chi connectivity index (χ3n) is 3.43. The van der Waals surface area contributed by atoms with Crippen molar-refractivity contribution in [3.8, 4) is 0 Å². The van der Waals surface area contributed by atoms with Crippen LogP contribution in [-0.2, 0) is 16.0 Å². The molecule has 100 valence electrons. The Bertz CT molecular complexity index is 402. The average molecular weight is 252 g/mol. The maximum absolute atomic E-state index is 11.9. The SMILES string of the molecule is Cc1noc(C)c1CC(=O)N[C@H](C)[C@@H]1CCCO1. The summed E-state index contributed by atoms with van der Waals surface area (Å²) in [6.45, 7) is 6.46. The Morgan fingerprint density at radius 3 is 2.89 bits per heavy atom. The molecular weight excluding hydrogens is 232 g/mol. The number of aromatic nitrogens is 1. The summed E-state index contributed by atoms with van der Waals surface area (Å²) < 4.78 is 10.6. The van der Waals surface area contributed by atoms with E-state index in [-0.39, 0.29) is 18.1 Å². The van der Waals surface area contributed by atoms with Crippen LogP contribution in [0.3, 0.4) is 0 Å². The highest BCUT2D eigenvalue weighted by atomic mass is 16.5. The maximum Gasteiger partial charge on any atom is 0.224 e. The molecule has 1 N–H and O–H groups in total. The van der Waals surface area contributed by atoms with Gasteiger partial charge in [-0.05, 0) is 33.6 Å². The monoisotopic (exact) mass is 252 g/mol. The van der Waals surface area contributed by atoms with Gasteiger partial charge in [0, 0.05) is 12.2 Å². The van der Waals surface area contributed by atoms with Crippen molar-refractivity contribution in [3.05, 3.63) is 17.0 Å². The smallest absolute Gasteiger partial charge is 0.224 e. The third kappa shape index (κ3) is 2.90. The van der Waals surface area contributed by atoms with E-state index in [0.717, 1.165) is 30.7 Å². The fourth-order valence-corrected chi connectivity index (χ4v) is 2.31. The molecule has 1 saturated heterocycles. The van der Waals surface area contributed by atoms with Crippen LogP contribution in [0.15, 0.2) is 4.52 Å². The molecule has 1 amide bonds. The van der Waals surface area contributed by atoms with Gasteiger partial charge in [-0.15, -0.1) is 0 Å². The number of carbonyl (C=O) groups excluding carboxylic acids is 1. The van der Waals surface area contributed by atoms with Gasteiger partial charge in [-0.1, -0.05) is 5.16 Å². The summed E-state index contributed by atoms with van der Waals surface area (Å²) in [6.07, 6.45) is 2.57. The van der Waals surface area contributed by atoms with Crippen molar-refractivity contribution in [2.45, 2.75) is 52.2 Å². The zero-order valence-corrected chi connectivity index (χ0v) is 11.2. The molecule has 0 saturated carbocycles. The van der Waals surface area contributed by atoms with Gasteiger partial charge in [0.1, 0.15) is 5.76 Å². The largest absolute Gasteiger partial charge is 0.376 e. The van der Waals surface area contributed by atoms with Gasteiger partial charge < -0.3 is 14.6 Å². The lowest BCUT2D eigenvalue weighted by molar-refractivity contribution is -0.121. The summed E-state index contributed by atoms with van der Waals surface area (Å²) in [5, 5.41) is 6.83. The molecule has 5 nitrogen and oxygen atoms in total. The molecule has 2 atom stereocenters. The van der Waals surface area contributed by atoms with E-state index in [0.29, 0.717) is 12.2 Å². The van der Waals surface area contributed by atoms with Gasteiger partial charge in [0.25, 0.3) is 0 Å². The first-order valence-corrected chi connectivity index (χ1v) is 6.40. The van der Waals surface area contributed by atoms with Crippen LogP contribution >= 0.6 is 0 Å². The van der Waals surface area contributed by atoms with E-state index in [1.165, 1.54) is 0 Å². The Labute approximate surface area is 107 Å². The predicted molar refractivity (Wildman–Crippen MR) is 66.3 cm³/mol. The van der Waals surface area contributed by atoms with Crippen LogP contribution in [0.5, 0.6) is 0 Å². The Balaban J connectivity index is 1.88. The average Bonchev–Trinajstić information content (AvgIpc) is 2.94. The van der Waals surface area contributed by atoms with Gasteiger partial charge in [0.15, 0.2) is 0 Å². The first-order valence-electron chi connectivity index (χ1n) is 6.40. The van der Waals surface area contributed by atoms with E-state index in [9.17, 15) is 4.79 Å². The minimum atomic E-state index is -0.00704. The van der Waals surface area contributed by atoms with Crippen LogP contribution in [0, 0.1) is 13.8 Å². The first-order chi connectivity index (χ1) is 8.58. The summed E-state index contributed by atoms with van der Waals surface area (Å²) >= 11 is 0. The van der Waals surface area contributed by atoms with Gasteiger partial charge in [0.05, 0.1) is 24.3 Å². The highest BCUT2D eigenvalue weighted by molar-refractivity contribution is 5.79. The normalized spacial score (nSPS) is 20.9. The summed E-state index contributed by atoms with van der Waals surface area (Å²) in [7, 11) is 0. The predicted octanol–water partition coefficient (Wildman–Crippen LogP) is 1.52. The van der Waals surface area contributed by atoms with Crippen LogP contribution in [0.1, 0.15) is 36.8 Å². The number of rotatable bonds is 4. The van der Waals surface area contributed by atoms with Crippen LogP contribution in [0.2, 0.25) is 0 Å². The number of amides is 1. The first kappa shape index (κ1) is 13.1. The van der Waals surface area contributed by atoms with Crippen molar-refractivity contribution in [3.63, 3.8) is 0 Å². The Kier molecular flexibility index (Phi) is 4.01. The van der Waals surface area contributed by atoms with Crippen molar-refractivity contribution >= 4 is 5.91 Å². The molecule has 1 aromatic heterocycles. The second-order valence-electron chi connectivity index (χ2n) is 4.89. The molecule has 0 aromatic carbocycles. The van der Waals surface area contributed by atoms with E-state index < -0.39 is 0 Å². The molecule has 0 aliphatic carbocycles. The summed E-state index contributed by atoms with van der Waals surface area (Å²) in [5.74, 6) is 0.708. The quantitative estimate of drug-likeness (QED) is 0.882. The van der Waals surface area contributed by atoms with E-state index in [4.69, 9.17) is 9.26 Å². The minimum Gasteiger partial charge on any atom is -0.376 e. The molecule has 0 bridgehead atoms. The van der Waals surface area contributed by atoms with Crippen LogP contribution in [0.4, 0.5) is 0 Å². The summed E-state index contributed by atoms with van der Waals surface area (Å²) in [4.78, 5) is 11.9. The van der Waals surface area contributed by atoms with Crippen molar-refractivity contribution in [1.82, 2.24) is 10.5 Å². The molecule has 0 unspecified atom stereocenters. The summed E-state index contributed by atoms with van der Waals surface area (Å²) in [5.41, 5.74) is 1.67. The van der Waals surface area contributed by atoms with Gasteiger partial charge in [-0.25, -0.2) is 0 Å². The number of carbonyl (C=O) groups is 1. The molecule has 2 heterocycles. The highest BCUT2D eigenvalue weighted by Crippen LogP contribution is 2.16. The number of ether oxygens (including phenoxy) is 1. The second-order valence-corrected chi connectivity index (χ2v) is 4.89. The molecule has 0 radical (unpaired) electrons. The van der Waals surface area contributed by atoms with Gasteiger partial charge >= 0.3 is 0 Å². The standard InChI is InChI=1S/C13H20N2O3/c1-8-11(10(3)18-15-8)7-13(16)14-9(2)12-5-4-6-17-12/h9,12H,4-7H2,1-3H3,(H,14,16)/t9-,12+/m1/s1. The Hall–Kier alpha value is -1.36. The number of hydrogen-bond acceptors (Lipinski definition) is 4. The maximum atomic E-state index is 11.9. The van der Waals surface area contributed by atoms with Crippen molar-refractivity contribution in [2.24, 2.45) is 0 Å². The van der Waals surface area contributed by atoms with E-state index in [2.05, 4.69) is 10.5 Å². The highest BCUT2D eigenvalue weighted by Gasteiger charge is 2.24. The van der Waals surface area contributed by atoms with Crippen LogP contribution in [-0.4, -0.2) is 29.8 Å². The Morgan fingerprint density at radius 2 is 2.33 bits per heavy atom.